The first-order chi connectivity index (χ1) is 8.68. The van der Waals surface area contributed by atoms with Crippen molar-refractivity contribution in [3.63, 3.8) is 0 Å². The van der Waals surface area contributed by atoms with Gasteiger partial charge in [0, 0.05) is 19.8 Å². The van der Waals surface area contributed by atoms with E-state index >= 15 is 0 Å². The molecule has 0 saturated heterocycles. The second-order valence-corrected chi connectivity index (χ2v) is 5.15. The van der Waals surface area contributed by atoms with Crippen molar-refractivity contribution in [1.29, 1.82) is 0 Å². The summed E-state index contributed by atoms with van der Waals surface area (Å²) < 4.78 is 0. The molecular formula is C14H21N3O. The van der Waals surface area contributed by atoms with Crippen molar-refractivity contribution in [2.75, 3.05) is 20.6 Å². The second-order valence-electron chi connectivity index (χ2n) is 5.15. The number of nitrogens with one attached hydrogen (secondary N) is 1. The lowest BCUT2D eigenvalue weighted by molar-refractivity contribution is -0.146. The van der Waals surface area contributed by atoms with Gasteiger partial charge in [0.05, 0.1) is 17.7 Å². The highest BCUT2D eigenvalue weighted by molar-refractivity contribution is 5.83. The quantitative estimate of drug-likeness (QED) is 0.856. The zero-order valence-corrected chi connectivity index (χ0v) is 11.1. The Morgan fingerprint density at radius 1 is 1.50 bits per heavy atom. The summed E-state index contributed by atoms with van der Waals surface area (Å²) in [5, 5.41) is 3.15. The Morgan fingerprint density at radius 2 is 2.28 bits per heavy atom. The number of pyridine rings is 1. The fraction of sp³-hybridized carbons (Fsp3) is 0.571. The predicted octanol–water partition coefficient (Wildman–Crippen LogP) is 1.43. The van der Waals surface area contributed by atoms with E-state index in [-0.39, 0.29) is 11.3 Å². The first-order valence-corrected chi connectivity index (χ1v) is 6.48. The summed E-state index contributed by atoms with van der Waals surface area (Å²) in [6, 6.07) is 5.79. The van der Waals surface area contributed by atoms with Crippen molar-refractivity contribution in [3.05, 3.63) is 30.1 Å². The van der Waals surface area contributed by atoms with Gasteiger partial charge in [0.25, 0.3) is 0 Å². The average molecular weight is 247 g/mol. The van der Waals surface area contributed by atoms with Gasteiger partial charge in [0.2, 0.25) is 5.91 Å². The zero-order chi connectivity index (χ0) is 13.0. The topological polar surface area (TPSA) is 45.2 Å². The summed E-state index contributed by atoms with van der Waals surface area (Å²) in [5.41, 5.74) is 0.769. The van der Waals surface area contributed by atoms with E-state index in [1.807, 2.05) is 32.3 Å². The molecule has 1 N–H and O–H groups in total. The van der Waals surface area contributed by atoms with Gasteiger partial charge in [-0.05, 0) is 32.0 Å². The van der Waals surface area contributed by atoms with Crippen molar-refractivity contribution < 1.29 is 4.79 Å². The molecule has 1 aliphatic carbocycles. The molecule has 0 atom stereocenters. The molecule has 1 aliphatic rings. The number of rotatable bonds is 5. The molecule has 4 heteroatoms. The molecule has 1 heterocycles. The van der Waals surface area contributed by atoms with E-state index in [1.165, 1.54) is 0 Å². The standard InChI is InChI=1S/C14H21N3O/c1-15-11-14(7-5-8-14)13(18)17(2)10-12-6-3-4-9-16-12/h3-4,6,9,15H,5,7-8,10-11H2,1-2H3. The molecule has 0 aliphatic heterocycles. The Bertz CT molecular complexity index is 401. The highest BCUT2D eigenvalue weighted by Gasteiger charge is 2.44. The van der Waals surface area contributed by atoms with Crippen LogP contribution < -0.4 is 5.32 Å². The smallest absolute Gasteiger partial charge is 0.230 e. The van der Waals surface area contributed by atoms with Crippen LogP contribution in [-0.2, 0) is 11.3 Å². The average Bonchev–Trinajstić information content (AvgIpc) is 2.34. The third kappa shape index (κ3) is 2.53. The SMILES string of the molecule is CNCC1(C(=O)N(C)Cc2ccccn2)CCC1. The van der Waals surface area contributed by atoms with Crippen molar-refractivity contribution in [1.82, 2.24) is 15.2 Å². The van der Waals surface area contributed by atoms with Gasteiger partial charge in [0.1, 0.15) is 0 Å². The minimum atomic E-state index is -0.168. The first kappa shape index (κ1) is 13.0. The molecule has 1 aromatic rings. The minimum Gasteiger partial charge on any atom is -0.339 e. The lowest BCUT2D eigenvalue weighted by Crippen LogP contribution is -2.51. The van der Waals surface area contributed by atoms with Crippen molar-refractivity contribution in [2.45, 2.75) is 25.8 Å². The summed E-state index contributed by atoms with van der Waals surface area (Å²) in [4.78, 5) is 18.6. The zero-order valence-electron chi connectivity index (χ0n) is 11.1. The van der Waals surface area contributed by atoms with Crippen LogP contribution in [0, 0.1) is 5.41 Å². The van der Waals surface area contributed by atoms with Crippen LogP contribution >= 0.6 is 0 Å². The Morgan fingerprint density at radius 3 is 2.78 bits per heavy atom. The van der Waals surface area contributed by atoms with E-state index in [2.05, 4.69) is 10.3 Å². The van der Waals surface area contributed by atoms with Gasteiger partial charge in [-0.1, -0.05) is 12.5 Å². The van der Waals surface area contributed by atoms with Gasteiger partial charge >= 0.3 is 0 Å². The molecule has 1 fully saturated rings. The van der Waals surface area contributed by atoms with Gasteiger partial charge in [-0.3, -0.25) is 9.78 Å². The highest BCUT2D eigenvalue weighted by Crippen LogP contribution is 2.41. The lowest BCUT2D eigenvalue weighted by Gasteiger charge is -2.42. The number of carbonyl (C=O) groups is 1. The molecule has 1 amide bonds. The van der Waals surface area contributed by atoms with Crippen molar-refractivity contribution >= 4 is 5.91 Å². The van der Waals surface area contributed by atoms with Gasteiger partial charge < -0.3 is 10.2 Å². The summed E-state index contributed by atoms with van der Waals surface area (Å²) in [7, 11) is 3.78. The summed E-state index contributed by atoms with van der Waals surface area (Å²) >= 11 is 0. The van der Waals surface area contributed by atoms with E-state index in [0.717, 1.165) is 31.5 Å². The van der Waals surface area contributed by atoms with Crippen LogP contribution in [0.1, 0.15) is 25.0 Å². The van der Waals surface area contributed by atoms with E-state index in [0.29, 0.717) is 6.54 Å². The van der Waals surface area contributed by atoms with Crippen LogP contribution in [0.3, 0.4) is 0 Å². The first-order valence-electron chi connectivity index (χ1n) is 6.48. The second kappa shape index (κ2) is 5.48. The maximum Gasteiger partial charge on any atom is 0.230 e. The maximum absolute atomic E-state index is 12.5. The summed E-state index contributed by atoms with van der Waals surface area (Å²) in [5.74, 6) is 0.244. The van der Waals surface area contributed by atoms with Gasteiger partial charge in [-0.2, -0.15) is 0 Å². The number of amides is 1. The highest BCUT2D eigenvalue weighted by atomic mass is 16.2. The Balaban J connectivity index is 2.00. The fourth-order valence-electron chi connectivity index (χ4n) is 2.62. The molecule has 2 rings (SSSR count). The van der Waals surface area contributed by atoms with Crippen LogP contribution in [0.25, 0.3) is 0 Å². The van der Waals surface area contributed by atoms with Crippen LogP contribution in [0.2, 0.25) is 0 Å². The number of carbonyl (C=O) groups excluding carboxylic acids is 1. The molecule has 0 unspecified atom stereocenters. The van der Waals surface area contributed by atoms with Crippen LogP contribution in [0.5, 0.6) is 0 Å². The van der Waals surface area contributed by atoms with Crippen LogP contribution in [0.4, 0.5) is 0 Å². The van der Waals surface area contributed by atoms with E-state index < -0.39 is 0 Å². The van der Waals surface area contributed by atoms with Gasteiger partial charge in [0.15, 0.2) is 0 Å². The Labute approximate surface area is 108 Å². The Kier molecular flexibility index (Phi) is 3.97. The normalized spacial score (nSPS) is 17.0. The molecule has 18 heavy (non-hydrogen) atoms. The van der Waals surface area contributed by atoms with Crippen molar-refractivity contribution in [2.24, 2.45) is 5.41 Å². The Hall–Kier alpha value is -1.42. The number of aromatic nitrogens is 1. The third-order valence-corrected chi connectivity index (χ3v) is 3.75. The molecular weight excluding hydrogens is 226 g/mol. The number of hydrogen-bond donors (Lipinski definition) is 1. The van der Waals surface area contributed by atoms with Crippen molar-refractivity contribution in [3.8, 4) is 0 Å². The number of hydrogen-bond acceptors (Lipinski definition) is 3. The van der Waals surface area contributed by atoms with E-state index in [4.69, 9.17) is 0 Å². The van der Waals surface area contributed by atoms with Crippen LogP contribution in [-0.4, -0.2) is 36.4 Å². The van der Waals surface area contributed by atoms with E-state index in [9.17, 15) is 4.79 Å². The van der Waals surface area contributed by atoms with Gasteiger partial charge in [-0.15, -0.1) is 0 Å². The third-order valence-electron chi connectivity index (χ3n) is 3.75. The monoisotopic (exact) mass is 247 g/mol. The molecule has 98 valence electrons. The van der Waals surface area contributed by atoms with E-state index in [1.54, 1.807) is 11.1 Å². The summed E-state index contributed by atoms with van der Waals surface area (Å²) in [6.07, 6.45) is 4.92. The lowest BCUT2D eigenvalue weighted by atomic mass is 9.67. The molecule has 1 saturated carbocycles. The molecule has 0 radical (unpaired) electrons. The fourth-order valence-corrected chi connectivity index (χ4v) is 2.62. The molecule has 4 nitrogen and oxygen atoms in total. The van der Waals surface area contributed by atoms with Gasteiger partial charge in [-0.25, -0.2) is 0 Å². The number of nitrogens with zero attached hydrogens (tertiary/aromatic N) is 2. The molecule has 0 aromatic carbocycles. The molecule has 0 bridgehead atoms. The van der Waals surface area contributed by atoms with Crippen LogP contribution in [0.15, 0.2) is 24.4 Å². The minimum absolute atomic E-state index is 0.168. The largest absolute Gasteiger partial charge is 0.339 e. The molecule has 0 spiro atoms. The predicted molar refractivity (Wildman–Crippen MR) is 70.9 cm³/mol. The molecule has 1 aromatic heterocycles. The maximum atomic E-state index is 12.5. The summed E-state index contributed by atoms with van der Waals surface area (Å²) in [6.45, 7) is 1.36.